The Morgan fingerprint density at radius 3 is 2.35 bits per heavy atom. The molecule has 4 aromatic rings. The summed E-state index contributed by atoms with van der Waals surface area (Å²) in [5, 5.41) is 13.6. The number of phenolic OH excluding ortho intramolecular Hbond substituents is 1. The molecule has 0 radical (unpaired) electrons. The number of fused-ring (bicyclic) bond motifs is 2. The van der Waals surface area contributed by atoms with Crippen LogP contribution < -0.4 is 0 Å². The Labute approximate surface area is 116 Å². The molecule has 0 saturated carbocycles. The highest BCUT2D eigenvalue weighted by Gasteiger charge is 2.10. The van der Waals surface area contributed by atoms with Gasteiger partial charge in [-0.15, -0.1) is 0 Å². The first-order valence-electron chi connectivity index (χ1n) is 6.62. The van der Waals surface area contributed by atoms with E-state index in [0.29, 0.717) is 5.75 Å². The Hall–Kier alpha value is -2.74. The van der Waals surface area contributed by atoms with E-state index in [1.54, 1.807) is 0 Å². The monoisotopic (exact) mass is 259 g/mol. The van der Waals surface area contributed by atoms with Gasteiger partial charge < -0.3 is 10.1 Å². The van der Waals surface area contributed by atoms with Crippen LogP contribution in [0.15, 0.2) is 66.7 Å². The highest BCUT2D eigenvalue weighted by atomic mass is 16.3. The molecule has 2 N–H and O–H groups in total. The maximum Gasteiger partial charge on any atom is 0.132 e. The Morgan fingerprint density at radius 1 is 0.750 bits per heavy atom. The second kappa shape index (κ2) is 4.14. The molecule has 2 nitrogen and oxygen atoms in total. The van der Waals surface area contributed by atoms with E-state index in [-0.39, 0.29) is 0 Å². The molecular weight excluding hydrogens is 246 g/mol. The molecule has 0 bridgehead atoms. The molecule has 1 aromatic heterocycles. The van der Waals surface area contributed by atoms with E-state index >= 15 is 0 Å². The summed E-state index contributed by atoms with van der Waals surface area (Å²) in [6.07, 6.45) is 0. The van der Waals surface area contributed by atoms with Gasteiger partial charge in [0.05, 0.1) is 5.69 Å². The quantitative estimate of drug-likeness (QED) is 0.511. The van der Waals surface area contributed by atoms with E-state index in [4.69, 9.17) is 0 Å². The third-order valence-electron chi connectivity index (χ3n) is 3.72. The zero-order valence-corrected chi connectivity index (χ0v) is 10.8. The Balaban J connectivity index is 1.99. The van der Waals surface area contributed by atoms with Gasteiger partial charge in [0.1, 0.15) is 5.75 Å². The van der Waals surface area contributed by atoms with Crippen LogP contribution in [0.3, 0.4) is 0 Å². The Morgan fingerprint density at radius 2 is 1.50 bits per heavy atom. The average molecular weight is 259 g/mol. The predicted molar refractivity (Wildman–Crippen MR) is 82.9 cm³/mol. The summed E-state index contributed by atoms with van der Waals surface area (Å²) >= 11 is 0. The fourth-order valence-electron chi connectivity index (χ4n) is 2.69. The number of phenols is 1. The van der Waals surface area contributed by atoms with Gasteiger partial charge in [-0.05, 0) is 23.6 Å². The number of hydrogen-bond donors (Lipinski definition) is 2. The summed E-state index contributed by atoms with van der Waals surface area (Å²) in [7, 11) is 0. The van der Waals surface area contributed by atoms with Gasteiger partial charge in [0, 0.05) is 21.9 Å². The maximum absolute atomic E-state index is 10.5. The second-order valence-corrected chi connectivity index (χ2v) is 4.95. The lowest BCUT2D eigenvalue weighted by atomic mass is 10.0. The van der Waals surface area contributed by atoms with Crippen LogP contribution in [0.1, 0.15) is 0 Å². The van der Waals surface area contributed by atoms with Gasteiger partial charge in [0.25, 0.3) is 0 Å². The number of para-hydroxylation sites is 1. The van der Waals surface area contributed by atoms with E-state index in [1.807, 2.05) is 54.6 Å². The minimum atomic E-state index is 0.328. The van der Waals surface area contributed by atoms with Crippen molar-refractivity contribution in [3.8, 4) is 17.0 Å². The van der Waals surface area contributed by atoms with Crippen LogP contribution in [-0.4, -0.2) is 10.1 Å². The van der Waals surface area contributed by atoms with Crippen LogP contribution >= 0.6 is 0 Å². The van der Waals surface area contributed by atoms with E-state index in [1.165, 1.54) is 0 Å². The molecule has 0 aliphatic heterocycles. The van der Waals surface area contributed by atoms with Crippen molar-refractivity contribution in [2.24, 2.45) is 0 Å². The molecule has 0 aliphatic carbocycles. The van der Waals surface area contributed by atoms with Gasteiger partial charge >= 0.3 is 0 Å². The summed E-state index contributed by atoms with van der Waals surface area (Å²) in [6, 6.07) is 22.0. The highest BCUT2D eigenvalue weighted by molar-refractivity contribution is 5.96. The number of rotatable bonds is 1. The van der Waals surface area contributed by atoms with E-state index < -0.39 is 0 Å². The van der Waals surface area contributed by atoms with Gasteiger partial charge in [0.15, 0.2) is 0 Å². The second-order valence-electron chi connectivity index (χ2n) is 4.95. The summed E-state index contributed by atoms with van der Waals surface area (Å²) in [5.74, 6) is 0.328. The average Bonchev–Trinajstić information content (AvgIpc) is 2.91. The third kappa shape index (κ3) is 1.58. The van der Waals surface area contributed by atoms with E-state index in [9.17, 15) is 5.11 Å². The van der Waals surface area contributed by atoms with Crippen LogP contribution in [0.25, 0.3) is 32.9 Å². The van der Waals surface area contributed by atoms with Crippen LogP contribution in [0.5, 0.6) is 5.75 Å². The van der Waals surface area contributed by atoms with Crippen molar-refractivity contribution in [3.05, 3.63) is 66.7 Å². The SMILES string of the molecule is Oc1c(-c2cc3ccccc3[nH]2)ccc2ccccc12. The summed E-state index contributed by atoms with van der Waals surface area (Å²) in [6.45, 7) is 0. The molecule has 96 valence electrons. The molecule has 2 heteroatoms. The first-order chi connectivity index (χ1) is 9.83. The number of nitrogens with one attached hydrogen (secondary N) is 1. The molecule has 0 atom stereocenters. The largest absolute Gasteiger partial charge is 0.507 e. The molecule has 0 spiro atoms. The van der Waals surface area contributed by atoms with Gasteiger partial charge in [-0.2, -0.15) is 0 Å². The summed E-state index contributed by atoms with van der Waals surface area (Å²) in [4.78, 5) is 3.36. The minimum Gasteiger partial charge on any atom is -0.507 e. The van der Waals surface area contributed by atoms with Crippen molar-refractivity contribution in [2.75, 3.05) is 0 Å². The van der Waals surface area contributed by atoms with Gasteiger partial charge in [-0.1, -0.05) is 48.5 Å². The molecule has 4 rings (SSSR count). The lowest BCUT2D eigenvalue weighted by molar-refractivity contribution is 0.483. The number of aromatic nitrogens is 1. The molecule has 20 heavy (non-hydrogen) atoms. The molecule has 0 fully saturated rings. The summed E-state index contributed by atoms with van der Waals surface area (Å²) in [5.41, 5.74) is 2.85. The molecule has 1 heterocycles. The Bertz CT molecular complexity index is 888. The maximum atomic E-state index is 10.5. The molecule has 0 aliphatic rings. The van der Waals surface area contributed by atoms with Crippen LogP contribution in [-0.2, 0) is 0 Å². The topological polar surface area (TPSA) is 36.0 Å². The molecule has 0 amide bonds. The molecular formula is C18H13NO. The van der Waals surface area contributed by atoms with Crippen LogP contribution in [0.2, 0.25) is 0 Å². The molecule has 3 aromatic carbocycles. The fourth-order valence-corrected chi connectivity index (χ4v) is 2.69. The van der Waals surface area contributed by atoms with E-state index in [0.717, 1.165) is 32.9 Å². The highest BCUT2D eigenvalue weighted by Crippen LogP contribution is 2.36. The third-order valence-corrected chi connectivity index (χ3v) is 3.72. The van der Waals surface area contributed by atoms with Crippen LogP contribution in [0.4, 0.5) is 0 Å². The van der Waals surface area contributed by atoms with Crippen molar-refractivity contribution in [2.45, 2.75) is 0 Å². The summed E-state index contributed by atoms with van der Waals surface area (Å²) < 4.78 is 0. The van der Waals surface area contributed by atoms with Gasteiger partial charge in [-0.3, -0.25) is 0 Å². The smallest absolute Gasteiger partial charge is 0.132 e. The van der Waals surface area contributed by atoms with Gasteiger partial charge in [-0.25, -0.2) is 0 Å². The van der Waals surface area contributed by atoms with Crippen molar-refractivity contribution >= 4 is 21.7 Å². The van der Waals surface area contributed by atoms with E-state index in [2.05, 4.69) is 17.1 Å². The van der Waals surface area contributed by atoms with Crippen molar-refractivity contribution < 1.29 is 5.11 Å². The Kier molecular flexibility index (Phi) is 2.30. The normalized spacial score (nSPS) is 11.2. The van der Waals surface area contributed by atoms with Crippen molar-refractivity contribution in [3.63, 3.8) is 0 Å². The molecule has 0 saturated heterocycles. The number of benzene rings is 3. The lowest BCUT2D eigenvalue weighted by Gasteiger charge is -2.06. The standard InChI is InChI=1S/C18H13NO/c20-18-14-7-3-1-5-12(14)9-10-15(18)17-11-13-6-2-4-8-16(13)19-17/h1-11,19-20H. The zero-order valence-electron chi connectivity index (χ0n) is 10.8. The van der Waals surface area contributed by atoms with Crippen molar-refractivity contribution in [1.82, 2.24) is 4.98 Å². The molecule has 0 unspecified atom stereocenters. The zero-order chi connectivity index (χ0) is 13.5. The lowest BCUT2D eigenvalue weighted by Crippen LogP contribution is -1.81. The first kappa shape index (κ1) is 11.1. The number of aromatic amines is 1. The van der Waals surface area contributed by atoms with Crippen LogP contribution in [0, 0.1) is 0 Å². The van der Waals surface area contributed by atoms with Crippen molar-refractivity contribution in [1.29, 1.82) is 0 Å². The van der Waals surface area contributed by atoms with Gasteiger partial charge in [0.2, 0.25) is 0 Å². The minimum absolute atomic E-state index is 0.328. The number of aromatic hydroxyl groups is 1. The fraction of sp³-hybridized carbons (Fsp3) is 0. The number of hydrogen-bond acceptors (Lipinski definition) is 1. The first-order valence-corrected chi connectivity index (χ1v) is 6.62. The number of H-pyrrole nitrogens is 1. The predicted octanol–water partition coefficient (Wildman–Crippen LogP) is 4.69.